The molecule has 0 aromatic heterocycles. The van der Waals surface area contributed by atoms with E-state index in [2.05, 4.69) is 33.0 Å². The van der Waals surface area contributed by atoms with E-state index in [0.717, 1.165) is 30.8 Å². The normalized spacial score (nSPS) is 39.2. The van der Waals surface area contributed by atoms with Gasteiger partial charge < -0.3 is 16.2 Å². The zero-order valence-corrected chi connectivity index (χ0v) is 12.3. The van der Waals surface area contributed by atoms with Crippen molar-refractivity contribution < 1.29 is 5.11 Å². The van der Waals surface area contributed by atoms with Gasteiger partial charge in [-0.1, -0.05) is 0 Å². The quantitative estimate of drug-likeness (QED) is 0.667. The Hall–Kier alpha value is 0.230. The highest BCUT2D eigenvalue weighted by Gasteiger charge is 2.56. The fraction of sp³-hybridized carbons (Fsp3) is 1.00. The predicted molar refractivity (Wildman–Crippen MR) is 74.3 cm³/mol. The van der Waals surface area contributed by atoms with E-state index in [-0.39, 0.29) is 11.1 Å². The minimum absolute atomic E-state index is 0.0594. The summed E-state index contributed by atoms with van der Waals surface area (Å²) >= 11 is 1.87. The van der Waals surface area contributed by atoms with Crippen molar-refractivity contribution in [2.45, 2.75) is 69.2 Å². The Bertz CT molecular complexity index is 293. The minimum Gasteiger partial charge on any atom is -0.388 e. The van der Waals surface area contributed by atoms with E-state index in [9.17, 15) is 5.11 Å². The van der Waals surface area contributed by atoms with Crippen LogP contribution in [0.4, 0.5) is 0 Å². The molecule has 0 saturated carbocycles. The summed E-state index contributed by atoms with van der Waals surface area (Å²) in [5, 5.41) is 14.7. The summed E-state index contributed by atoms with van der Waals surface area (Å²) < 4.78 is 0. The lowest BCUT2D eigenvalue weighted by Crippen LogP contribution is -2.72. The second-order valence-electron chi connectivity index (χ2n) is 7.24. The average Bonchev–Trinajstić information content (AvgIpc) is 2.46. The number of piperidine rings is 1. The molecule has 4 heteroatoms. The Morgan fingerprint density at radius 1 is 1.12 bits per heavy atom. The lowest BCUT2D eigenvalue weighted by Gasteiger charge is -2.56. The molecule has 0 aliphatic carbocycles. The Kier molecular flexibility index (Phi) is 3.10. The molecule has 0 aromatic carbocycles. The molecule has 0 aromatic rings. The summed E-state index contributed by atoms with van der Waals surface area (Å²) in [5.74, 6) is 1.96. The third-order valence-corrected chi connectivity index (χ3v) is 5.34. The molecule has 100 valence electrons. The number of hydrogen-bond donors (Lipinski definition) is 3. The third kappa shape index (κ3) is 2.50. The summed E-state index contributed by atoms with van der Waals surface area (Å²) in [6.45, 7) is 8.63. The lowest BCUT2D eigenvalue weighted by atomic mass is 9.64. The number of thioether (sulfide) groups is 1. The van der Waals surface area contributed by atoms with Crippen LogP contribution in [-0.4, -0.2) is 38.8 Å². The van der Waals surface area contributed by atoms with Gasteiger partial charge in [0.2, 0.25) is 0 Å². The summed E-state index contributed by atoms with van der Waals surface area (Å²) in [7, 11) is 0. The molecule has 2 fully saturated rings. The molecule has 4 N–H and O–H groups in total. The molecule has 2 aliphatic rings. The monoisotopic (exact) mass is 258 g/mol. The first kappa shape index (κ1) is 13.7. The van der Waals surface area contributed by atoms with Gasteiger partial charge in [-0.2, -0.15) is 11.8 Å². The topological polar surface area (TPSA) is 58.3 Å². The van der Waals surface area contributed by atoms with Crippen LogP contribution in [0.1, 0.15) is 47.0 Å². The Balaban J connectivity index is 2.30. The van der Waals surface area contributed by atoms with E-state index in [0.29, 0.717) is 0 Å². The van der Waals surface area contributed by atoms with Crippen molar-refractivity contribution in [3.8, 4) is 0 Å². The lowest BCUT2D eigenvalue weighted by molar-refractivity contribution is -0.101. The Morgan fingerprint density at radius 3 is 2.06 bits per heavy atom. The van der Waals surface area contributed by atoms with E-state index in [4.69, 9.17) is 5.73 Å². The Morgan fingerprint density at radius 2 is 1.65 bits per heavy atom. The van der Waals surface area contributed by atoms with E-state index in [1.165, 1.54) is 0 Å². The van der Waals surface area contributed by atoms with Crippen molar-refractivity contribution in [3.63, 3.8) is 0 Å². The van der Waals surface area contributed by atoms with Crippen LogP contribution in [0.2, 0.25) is 0 Å². The molecule has 1 atom stereocenters. The molecular weight excluding hydrogens is 232 g/mol. The smallest absolute Gasteiger partial charge is 0.0869 e. The van der Waals surface area contributed by atoms with Gasteiger partial charge in [0.1, 0.15) is 0 Å². The van der Waals surface area contributed by atoms with Crippen LogP contribution in [0, 0.1) is 0 Å². The van der Waals surface area contributed by atoms with Gasteiger partial charge in [-0.05, 0) is 52.7 Å². The van der Waals surface area contributed by atoms with Crippen molar-refractivity contribution in [2.24, 2.45) is 5.73 Å². The van der Waals surface area contributed by atoms with Crippen LogP contribution in [0.3, 0.4) is 0 Å². The summed E-state index contributed by atoms with van der Waals surface area (Å²) in [5.41, 5.74) is 5.24. The standard InChI is InChI=1S/C13H26N2OS/c1-10(2)7-13(16,8-11(3,4)15-10)12(14)5-6-17-9-12/h15-16H,5-9,14H2,1-4H3. The fourth-order valence-electron chi connectivity index (χ4n) is 3.83. The van der Waals surface area contributed by atoms with Crippen LogP contribution in [-0.2, 0) is 0 Å². The zero-order chi connectivity index (χ0) is 12.9. The molecule has 2 aliphatic heterocycles. The molecule has 2 rings (SSSR count). The highest BCUT2D eigenvalue weighted by atomic mass is 32.2. The van der Waals surface area contributed by atoms with Crippen molar-refractivity contribution in [3.05, 3.63) is 0 Å². The van der Waals surface area contributed by atoms with Crippen LogP contribution >= 0.6 is 11.8 Å². The third-order valence-electron chi connectivity index (χ3n) is 4.12. The zero-order valence-electron chi connectivity index (χ0n) is 11.5. The van der Waals surface area contributed by atoms with Crippen molar-refractivity contribution >= 4 is 11.8 Å². The SMILES string of the molecule is CC1(C)CC(O)(C2(N)CCSC2)CC(C)(C)N1. The van der Waals surface area contributed by atoms with Gasteiger partial charge in [-0.3, -0.25) is 0 Å². The van der Waals surface area contributed by atoms with Gasteiger partial charge in [0.15, 0.2) is 0 Å². The highest BCUT2D eigenvalue weighted by molar-refractivity contribution is 7.99. The molecule has 2 saturated heterocycles. The number of aliphatic hydroxyl groups is 1. The number of rotatable bonds is 1. The second-order valence-corrected chi connectivity index (χ2v) is 8.34. The maximum absolute atomic E-state index is 11.1. The van der Waals surface area contributed by atoms with Gasteiger partial charge in [0.05, 0.1) is 11.1 Å². The second kappa shape index (κ2) is 3.86. The van der Waals surface area contributed by atoms with Gasteiger partial charge in [0, 0.05) is 16.8 Å². The minimum atomic E-state index is -0.741. The van der Waals surface area contributed by atoms with Crippen molar-refractivity contribution in [1.82, 2.24) is 5.32 Å². The molecule has 2 heterocycles. The molecule has 17 heavy (non-hydrogen) atoms. The van der Waals surface area contributed by atoms with Gasteiger partial charge in [-0.15, -0.1) is 0 Å². The van der Waals surface area contributed by atoms with E-state index in [1.54, 1.807) is 0 Å². The summed E-state index contributed by atoms with van der Waals surface area (Å²) in [6.07, 6.45) is 2.40. The molecular formula is C13H26N2OS. The van der Waals surface area contributed by atoms with Crippen molar-refractivity contribution in [1.29, 1.82) is 0 Å². The predicted octanol–water partition coefficient (Wildman–Crippen LogP) is 1.49. The first-order chi connectivity index (χ1) is 7.58. The first-order valence-electron chi connectivity index (χ1n) is 6.46. The molecule has 0 amide bonds. The molecule has 3 nitrogen and oxygen atoms in total. The molecule has 0 spiro atoms. The van der Waals surface area contributed by atoms with E-state index >= 15 is 0 Å². The van der Waals surface area contributed by atoms with Gasteiger partial charge in [0.25, 0.3) is 0 Å². The number of nitrogens with one attached hydrogen (secondary N) is 1. The maximum Gasteiger partial charge on any atom is 0.0869 e. The molecule has 0 bridgehead atoms. The Labute approximate surface area is 109 Å². The maximum atomic E-state index is 11.1. The summed E-state index contributed by atoms with van der Waals surface area (Å²) in [4.78, 5) is 0. The largest absolute Gasteiger partial charge is 0.388 e. The van der Waals surface area contributed by atoms with E-state index < -0.39 is 11.1 Å². The van der Waals surface area contributed by atoms with Crippen LogP contribution in [0.15, 0.2) is 0 Å². The average molecular weight is 258 g/mol. The van der Waals surface area contributed by atoms with Gasteiger partial charge >= 0.3 is 0 Å². The summed E-state index contributed by atoms with van der Waals surface area (Å²) in [6, 6.07) is 0. The van der Waals surface area contributed by atoms with Gasteiger partial charge in [-0.25, -0.2) is 0 Å². The van der Waals surface area contributed by atoms with Crippen molar-refractivity contribution in [2.75, 3.05) is 11.5 Å². The van der Waals surface area contributed by atoms with Crippen LogP contribution in [0.5, 0.6) is 0 Å². The van der Waals surface area contributed by atoms with Crippen LogP contribution in [0.25, 0.3) is 0 Å². The highest BCUT2D eigenvalue weighted by Crippen LogP contribution is 2.46. The van der Waals surface area contributed by atoms with E-state index in [1.807, 2.05) is 11.8 Å². The molecule has 0 radical (unpaired) electrons. The first-order valence-corrected chi connectivity index (χ1v) is 7.62. The van der Waals surface area contributed by atoms with Crippen LogP contribution < -0.4 is 11.1 Å². The fourth-order valence-corrected chi connectivity index (χ4v) is 5.26. The number of hydrogen-bond acceptors (Lipinski definition) is 4. The number of nitrogens with two attached hydrogens (primary N) is 1. The molecule has 1 unspecified atom stereocenters.